The summed E-state index contributed by atoms with van der Waals surface area (Å²) in [5, 5.41) is 0. The topological polar surface area (TPSA) is 102 Å². The van der Waals surface area contributed by atoms with Gasteiger partial charge < -0.3 is 28.4 Å². The lowest BCUT2D eigenvalue weighted by Crippen LogP contribution is -2.38. The highest BCUT2D eigenvalue weighted by molar-refractivity contribution is 6.09. The Morgan fingerprint density at radius 2 is 1.41 bits per heavy atom. The Labute approximate surface area is 228 Å². The maximum Gasteiger partial charge on any atom is 0.315 e. The minimum Gasteiger partial charge on any atom is -0.493 e. The second-order valence-corrected chi connectivity index (χ2v) is 9.49. The van der Waals surface area contributed by atoms with Gasteiger partial charge in [0.25, 0.3) is 0 Å². The number of carbonyl (C=O) groups excluding carboxylic acids is 2. The van der Waals surface area contributed by atoms with E-state index in [1.807, 2.05) is 37.3 Å². The first-order valence-electron chi connectivity index (χ1n) is 12.8. The third-order valence-electron chi connectivity index (χ3n) is 7.32. The quantitative estimate of drug-likeness (QED) is 0.323. The molecule has 0 saturated heterocycles. The molecule has 9 nitrogen and oxygen atoms in total. The van der Waals surface area contributed by atoms with Crippen LogP contribution in [0, 0.1) is 5.92 Å². The van der Waals surface area contributed by atoms with Gasteiger partial charge in [-0.3, -0.25) is 14.6 Å². The van der Waals surface area contributed by atoms with Crippen LogP contribution in [0.5, 0.6) is 23.0 Å². The molecular formula is C30H35NO8. The molecule has 0 saturated carbocycles. The third-order valence-corrected chi connectivity index (χ3v) is 7.32. The van der Waals surface area contributed by atoms with Crippen molar-refractivity contribution >= 4 is 17.5 Å². The molecule has 1 unspecified atom stereocenters. The molecule has 1 heterocycles. The summed E-state index contributed by atoms with van der Waals surface area (Å²) in [4.78, 5) is 32.1. The van der Waals surface area contributed by atoms with Gasteiger partial charge in [0.2, 0.25) is 0 Å². The van der Waals surface area contributed by atoms with Crippen LogP contribution >= 0.6 is 0 Å². The number of nitrogens with zero attached hydrogens (tertiary/aromatic N) is 1. The number of Topliss-reactive ketones (excluding diaryl/α,β-unsaturated/α-hetero) is 1. The van der Waals surface area contributed by atoms with Gasteiger partial charge in [0.1, 0.15) is 12.5 Å². The fraction of sp³-hybridized carbons (Fsp3) is 0.433. The van der Waals surface area contributed by atoms with Gasteiger partial charge in [-0.1, -0.05) is 12.1 Å². The highest BCUT2D eigenvalue weighted by Gasteiger charge is 2.45. The second-order valence-electron chi connectivity index (χ2n) is 9.49. The first-order chi connectivity index (χ1) is 18.9. The van der Waals surface area contributed by atoms with Gasteiger partial charge in [0.05, 0.1) is 35.0 Å². The van der Waals surface area contributed by atoms with E-state index in [1.165, 1.54) is 0 Å². The summed E-state index contributed by atoms with van der Waals surface area (Å²) in [6.45, 7) is 2.19. The summed E-state index contributed by atoms with van der Waals surface area (Å²) >= 11 is 0. The monoisotopic (exact) mass is 537 g/mol. The lowest BCUT2D eigenvalue weighted by molar-refractivity contribution is -0.147. The standard InChI is InChI=1S/C30H35NO8/c1-17-27(30(33)39-12-11-34-2)28(19-8-10-24(36-4)26(16-19)38-6)29-21(31-17)13-20(14-22(29)32)18-7-9-23(35-3)25(15-18)37-5/h7-10,15-16,20,27-28H,11-14H2,1-6H3/t20-,27?,28-/m1/s1. The van der Waals surface area contributed by atoms with Gasteiger partial charge in [0.15, 0.2) is 28.8 Å². The smallest absolute Gasteiger partial charge is 0.315 e. The normalized spacial score (nSPS) is 20.6. The van der Waals surface area contributed by atoms with Crippen LogP contribution in [0.3, 0.4) is 0 Å². The van der Waals surface area contributed by atoms with E-state index in [2.05, 4.69) is 0 Å². The van der Waals surface area contributed by atoms with Crippen molar-refractivity contribution in [3.63, 3.8) is 0 Å². The molecule has 0 spiro atoms. The maximum atomic E-state index is 13.9. The number of methoxy groups -OCH3 is 5. The zero-order valence-electron chi connectivity index (χ0n) is 23.2. The Bertz CT molecular complexity index is 1300. The molecule has 208 valence electrons. The second kappa shape index (κ2) is 12.3. The molecule has 3 atom stereocenters. The molecule has 0 aromatic heterocycles. The summed E-state index contributed by atoms with van der Waals surface area (Å²) in [6, 6.07) is 11.2. The van der Waals surface area contributed by atoms with E-state index in [0.717, 1.165) is 11.1 Å². The van der Waals surface area contributed by atoms with Crippen LogP contribution in [-0.4, -0.2) is 66.2 Å². The SMILES string of the molecule is COCCOC(=O)C1C(C)=NC2=C(C(=O)C[C@H](c3ccc(OC)c(OC)c3)C2)[C@@H]1c1ccc(OC)c(OC)c1. The van der Waals surface area contributed by atoms with E-state index >= 15 is 0 Å². The van der Waals surface area contributed by atoms with Crippen LogP contribution in [0.2, 0.25) is 0 Å². The number of aliphatic imine (C=N–C) groups is 1. The third kappa shape index (κ3) is 5.63. The Morgan fingerprint density at radius 3 is 2.00 bits per heavy atom. The summed E-state index contributed by atoms with van der Waals surface area (Å²) in [7, 11) is 7.83. The van der Waals surface area contributed by atoms with Crippen molar-refractivity contribution < 1.29 is 38.0 Å². The zero-order valence-corrected chi connectivity index (χ0v) is 23.2. The van der Waals surface area contributed by atoms with Crippen LogP contribution in [0.1, 0.15) is 42.7 Å². The van der Waals surface area contributed by atoms with E-state index in [4.69, 9.17) is 33.4 Å². The van der Waals surface area contributed by atoms with Crippen molar-refractivity contribution in [3.05, 3.63) is 58.8 Å². The molecule has 0 bridgehead atoms. The molecule has 1 aliphatic carbocycles. The van der Waals surface area contributed by atoms with Crippen LogP contribution < -0.4 is 18.9 Å². The molecule has 2 aromatic carbocycles. The van der Waals surface area contributed by atoms with Gasteiger partial charge in [-0.05, 0) is 54.7 Å². The van der Waals surface area contributed by atoms with Crippen LogP contribution in [-0.2, 0) is 19.1 Å². The van der Waals surface area contributed by atoms with Crippen molar-refractivity contribution in [1.29, 1.82) is 0 Å². The molecule has 0 amide bonds. The van der Waals surface area contributed by atoms with Crippen molar-refractivity contribution in [2.75, 3.05) is 48.8 Å². The van der Waals surface area contributed by atoms with Crippen LogP contribution in [0.4, 0.5) is 0 Å². The Kier molecular flexibility index (Phi) is 8.91. The molecule has 4 rings (SSSR count). The minimum absolute atomic E-state index is 0.0539. The van der Waals surface area contributed by atoms with E-state index in [1.54, 1.807) is 41.6 Å². The lowest BCUT2D eigenvalue weighted by atomic mass is 9.69. The number of rotatable bonds is 10. The van der Waals surface area contributed by atoms with Crippen molar-refractivity contribution in [2.45, 2.75) is 31.6 Å². The van der Waals surface area contributed by atoms with Gasteiger partial charge in [-0.15, -0.1) is 0 Å². The molecular weight excluding hydrogens is 502 g/mol. The predicted octanol–water partition coefficient (Wildman–Crippen LogP) is 4.49. The predicted molar refractivity (Wildman–Crippen MR) is 145 cm³/mol. The van der Waals surface area contributed by atoms with E-state index in [0.29, 0.717) is 46.4 Å². The summed E-state index contributed by atoms with van der Waals surface area (Å²) < 4.78 is 32.4. The molecule has 0 N–H and O–H groups in total. The Morgan fingerprint density at radius 1 is 0.821 bits per heavy atom. The van der Waals surface area contributed by atoms with Gasteiger partial charge >= 0.3 is 5.97 Å². The number of carbonyl (C=O) groups is 2. The number of ketones is 1. The number of hydrogen-bond donors (Lipinski definition) is 0. The van der Waals surface area contributed by atoms with Crippen LogP contribution in [0.25, 0.3) is 0 Å². The van der Waals surface area contributed by atoms with E-state index in [9.17, 15) is 9.59 Å². The number of ether oxygens (including phenoxy) is 6. The van der Waals surface area contributed by atoms with Crippen molar-refractivity contribution in [1.82, 2.24) is 0 Å². The summed E-state index contributed by atoms with van der Waals surface area (Å²) in [6.07, 6.45) is 0.821. The minimum atomic E-state index is -0.764. The molecule has 1 aliphatic heterocycles. The van der Waals surface area contributed by atoms with E-state index in [-0.39, 0.29) is 31.3 Å². The number of benzene rings is 2. The molecule has 9 heteroatoms. The molecule has 0 radical (unpaired) electrons. The Balaban J connectivity index is 1.78. The average Bonchev–Trinajstić information content (AvgIpc) is 2.95. The zero-order chi connectivity index (χ0) is 28.1. The van der Waals surface area contributed by atoms with Gasteiger partial charge in [0, 0.05) is 36.4 Å². The summed E-state index contributed by atoms with van der Waals surface area (Å²) in [5.41, 5.74) is 3.53. The average molecular weight is 538 g/mol. The highest BCUT2D eigenvalue weighted by Crippen LogP contribution is 2.48. The number of hydrogen-bond acceptors (Lipinski definition) is 9. The van der Waals surface area contributed by atoms with Crippen molar-refractivity contribution in [3.8, 4) is 23.0 Å². The molecule has 2 aromatic rings. The lowest BCUT2D eigenvalue weighted by Gasteiger charge is -2.36. The fourth-order valence-corrected chi connectivity index (χ4v) is 5.43. The van der Waals surface area contributed by atoms with Gasteiger partial charge in [-0.25, -0.2) is 0 Å². The van der Waals surface area contributed by atoms with E-state index < -0.39 is 17.8 Å². The van der Waals surface area contributed by atoms with Crippen LogP contribution in [0.15, 0.2) is 52.7 Å². The highest BCUT2D eigenvalue weighted by atomic mass is 16.6. The maximum absolute atomic E-state index is 13.9. The first kappa shape index (κ1) is 28.2. The number of allylic oxidation sites excluding steroid dienone is 2. The van der Waals surface area contributed by atoms with Crippen molar-refractivity contribution in [2.24, 2.45) is 10.9 Å². The molecule has 2 aliphatic rings. The summed E-state index contributed by atoms with van der Waals surface area (Å²) in [5.74, 6) is 0.354. The fourth-order valence-electron chi connectivity index (χ4n) is 5.43. The molecule has 0 fully saturated rings. The largest absolute Gasteiger partial charge is 0.493 e. The number of esters is 1. The first-order valence-corrected chi connectivity index (χ1v) is 12.8. The Hall–Kier alpha value is -3.85. The van der Waals surface area contributed by atoms with Gasteiger partial charge in [-0.2, -0.15) is 0 Å². The molecule has 39 heavy (non-hydrogen) atoms.